The average Bonchev–Trinajstić information content (AvgIpc) is 2.64. The van der Waals surface area contributed by atoms with E-state index in [0.717, 1.165) is 0 Å². The first-order chi connectivity index (χ1) is 6.56. The molecule has 1 rings (SSSR count). The Bertz CT molecular complexity index is 283. The normalized spacial score (nSPS) is 22.6. The first-order valence-corrected chi connectivity index (χ1v) is 4.71. The molecular formula is C10H15NO3. The number of carbonyl (C=O) groups excluding carboxylic acids is 1. The van der Waals surface area contributed by atoms with Gasteiger partial charge in [0.05, 0.1) is 5.92 Å². The van der Waals surface area contributed by atoms with Crippen molar-refractivity contribution in [3.05, 3.63) is 11.6 Å². The first-order valence-electron chi connectivity index (χ1n) is 4.71. The number of rotatable bonds is 2. The zero-order chi connectivity index (χ0) is 10.7. The summed E-state index contributed by atoms with van der Waals surface area (Å²) in [5.74, 6) is -1.24. The van der Waals surface area contributed by atoms with E-state index in [2.05, 4.69) is 0 Å². The molecule has 78 valence electrons. The highest BCUT2D eigenvalue weighted by Crippen LogP contribution is 2.18. The lowest BCUT2D eigenvalue weighted by Gasteiger charge is -2.15. The molecule has 1 aliphatic rings. The van der Waals surface area contributed by atoms with Gasteiger partial charge in [0, 0.05) is 18.7 Å². The summed E-state index contributed by atoms with van der Waals surface area (Å²) in [6, 6.07) is 0. The minimum atomic E-state index is -0.807. The number of carboxylic acids is 1. The van der Waals surface area contributed by atoms with E-state index in [9.17, 15) is 9.59 Å². The van der Waals surface area contributed by atoms with E-state index < -0.39 is 5.97 Å². The smallest absolute Gasteiger partial charge is 0.308 e. The van der Waals surface area contributed by atoms with Crippen LogP contribution in [0.15, 0.2) is 11.6 Å². The predicted octanol–water partition coefficient (Wildman–Crippen LogP) is 0.886. The maximum Gasteiger partial charge on any atom is 0.308 e. The Balaban J connectivity index is 2.58. The highest BCUT2D eigenvalue weighted by atomic mass is 16.4. The van der Waals surface area contributed by atoms with Crippen LogP contribution in [0.1, 0.15) is 20.3 Å². The minimum absolute atomic E-state index is 0.0451. The third-order valence-electron chi connectivity index (χ3n) is 2.60. The number of nitrogens with zero attached hydrogens (tertiary/aromatic N) is 1. The van der Waals surface area contributed by atoms with Gasteiger partial charge in [-0.25, -0.2) is 0 Å². The summed E-state index contributed by atoms with van der Waals surface area (Å²) in [5.41, 5.74) is 0.677. The van der Waals surface area contributed by atoms with Crippen LogP contribution in [-0.2, 0) is 9.59 Å². The van der Waals surface area contributed by atoms with E-state index in [1.54, 1.807) is 24.8 Å². The van der Waals surface area contributed by atoms with E-state index in [0.29, 0.717) is 25.1 Å². The number of hydrogen-bond acceptors (Lipinski definition) is 2. The molecule has 4 heteroatoms. The monoisotopic (exact) mass is 197 g/mol. The maximum absolute atomic E-state index is 11.6. The number of carboxylic acid groups (broad SMARTS) is 1. The zero-order valence-electron chi connectivity index (χ0n) is 8.49. The van der Waals surface area contributed by atoms with Crippen molar-refractivity contribution < 1.29 is 14.7 Å². The third kappa shape index (κ3) is 2.13. The number of likely N-dealkylation sites (tertiary alicyclic amines) is 1. The molecule has 0 bridgehead atoms. The fourth-order valence-electron chi connectivity index (χ4n) is 1.52. The third-order valence-corrected chi connectivity index (χ3v) is 2.60. The lowest BCUT2D eigenvalue weighted by molar-refractivity contribution is -0.141. The fraction of sp³-hybridized carbons (Fsp3) is 0.600. The van der Waals surface area contributed by atoms with Gasteiger partial charge in [0.15, 0.2) is 0 Å². The molecule has 0 aromatic rings. The molecule has 1 heterocycles. The van der Waals surface area contributed by atoms with Crippen LogP contribution in [0.3, 0.4) is 0 Å². The molecule has 1 fully saturated rings. The van der Waals surface area contributed by atoms with Gasteiger partial charge in [-0.3, -0.25) is 9.59 Å². The molecule has 0 radical (unpaired) electrons. The van der Waals surface area contributed by atoms with Crippen molar-refractivity contribution in [2.75, 3.05) is 13.1 Å². The second-order valence-electron chi connectivity index (χ2n) is 3.55. The molecule has 0 aromatic heterocycles. The van der Waals surface area contributed by atoms with Gasteiger partial charge in [0.1, 0.15) is 0 Å². The Labute approximate surface area is 83.2 Å². The highest BCUT2D eigenvalue weighted by molar-refractivity contribution is 5.93. The van der Waals surface area contributed by atoms with Gasteiger partial charge in [-0.15, -0.1) is 0 Å². The summed E-state index contributed by atoms with van der Waals surface area (Å²) in [4.78, 5) is 23.9. The summed E-state index contributed by atoms with van der Waals surface area (Å²) in [6.45, 7) is 4.45. The summed E-state index contributed by atoms with van der Waals surface area (Å²) >= 11 is 0. The van der Waals surface area contributed by atoms with Crippen LogP contribution in [0.2, 0.25) is 0 Å². The first kappa shape index (κ1) is 10.8. The molecule has 1 atom stereocenters. The van der Waals surface area contributed by atoms with Gasteiger partial charge in [0.25, 0.3) is 0 Å². The molecule has 1 amide bonds. The topological polar surface area (TPSA) is 57.6 Å². The van der Waals surface area contributed by atoms with Crippen molar-refractivity contribution in [3.8, 4) is 0 Å². The van der Waals surface area contributed by atoms with Gasteiger partial charge in [0.2, 0.25) is 5.91 Å². The van der Waals surface area contributed by atoms with Gasteiger partial charge < -0.3 is 10.0 Å². The maximum atomic E-state index is 11.6. The number of carbonyl (C=O) groups is 2. The molecule has 1 unspecified atom stereocenters. The van der Waals surface area contributed by atoms with Gasteiger partial charge in [-0.1, -0.05) is 6.08 Å². The Hall–Kier alpha value is -1.32. The quantitative estimate of drug-likeness (QED) is 0.669. The van der Waals surface area contributed by atoms with Crippen LogP contribution in [-0.4, -0.2) is 35.0 Å². The summed E-state index contributed by atoms with van der Waals surface area (Å²) in [7, 11) is 0. The standard InChI is InChI=1S/C10H15NO3/c1-3-7(2)9(12)11-5-4-8(6-11)10(13)14/h3,8H,4-6H2,1-2H3,(H,13,14)/b7-3-. The van der Waals surface area contributed by atoms with Gasteiger partial charge >= 0.3 is 5.97 Å². The Morgan fingerprint density at radius 3 is 2.57 bits per heavy atom. The molecule has 1 saturated heterocycles. The predicted molar refractivity (Wildman–Crippen MR) is 51.8 cm³/mol. The van der Waals surface area contributed by atoms with E-state index in [-0.39, 0.29) is 11.8 Å². The van der Waals surface area contributed by atoms with Gasteiger partial charge in [-0.05, 0) is 20.3 Å². The highest BCUT2D eigenvalue weighted by Gasteiger charge is 2.30. The van der Waals surface area contributed by atoms with E-state index in [1.165, 1.54) is 0 Å². The van der Waals surface area contributed by atoms with Crippen molar-refractivity contribution in [3.63, 3.8) is 0 Å². The number of amides is 1. The number of aliphatic carboxylic acids is 1. The van der Waals surface area contributed by atoms with Crippen LogP contribution >= 0.6 is 0 Å². The largest absolute Gasteiger partial charge is 0.481 e. The number of allylic oxidation sites excluding steroid dienone is 1. The molecular weight excluding hydrogens is 182 g/mol. The molecule has 0 aliphatic carbocycles. The lowest BCUT2D eigenvalue weighted by atomic mass is 10.1. The SMILES string of the molecule is C/C=C(/C)C(=O)N1CCC(C(=O)O)C1. The van der Waals surface area contributed by atoms with E-state index in [1.807, 2.05) is 0 Å². The molecule has 1 N–H and O–H groups in total. The minimum Gasteiger partial charge on any atom is -0.481 e. The van der Waals surface area contributed by atoms with Crippen LogP contribution < -0.4 is 0 Å². The summed E-state index contributed by atoms with van der Waals surface area (Å²) in [6.07, 6.45) is 2.31. The molecule has 1 aliphatic heterocycles. The van der Waals surface area contributed by atoms with Crippen molar-refractivity contribution >= 4 is 11.9 Å². The van der Waals surface area contributed by atoms with Crippen LogP contribution in [0.4, 0.5) is 0 Å². The summed E-state index contributed by atoms with van der Waals surface area (Å²) in [5, 5.41) is 8.76. The van der Waals surface area contributed by atoms with Crippen molar-refractivity contribution in [1.82, 2.24) is 4.90 Å². The summed E-state index contributed by atoms with van der Waals surface area (Å²) < 4.78 is 0. The Morgan fingerprint density at radius 1 is 1.50 bits per heavy atom. The fourth-order valence-corrected chi connectivity index (χ4v) is 1.52. The average molecular weight is 197 g/mol. The van der Waals surface area contributed by atoms with Crippen molar-refractivity contribution in [2.45, 2.75) is 20.3 Å². The second kappa shape index (κ2) is 4.26. The van der Waals surface area contributed by atoms with E-state index in [4.69, 9.17) is 5.11 Å². The van der Waals surface area contributed by atoms with Crippen LogP contribution in [0.25, 0.3) is 0 Å². The zero-order valence-corrected chi connectivity index (χ0v) is 8.49. The Morgan fingerprint density at radius 2 is 2.14 bits per heavy atom. The van der Waals surface area contributed by atoms with Crippen molar-refractivity contribution in [1.29, 1.82) is 0 Å². The number of hydrogen-bond donors (Lipinski definition) is 1. The molecule has 0 aromatic carbocycles. The lowest BCUT2D eigenvalue weighted by Crippen LogP contribution is -2.30. The van der Waals surface area contributed by atoms with Crippen LogP contribution in [0, 0.1) is 5.92 Å². The Kier molecular flexibility index (Phi) is 3.28. The molecule has 4 nitrogen and oxygen atoms in total. The molecule has 14 heavy (non-hydrogen) atoms. The van der Waals surface area contributed by atoms with Crippen LogP contribution in [0.5, 0.6) is 0 Å². The van der Waals surface area contributed by atoms with E-state index >= 15 is 0 Å². The van der Waals surface area contributed by atoms with Crippen molar-refractivity contribution in [2.24, 2.45) is 5.92 Å². The second-order valence-corrected chi connectivity index (χ2v) is 3.55. The molecule has 0 spiro atoms. The van der Waals surface area contributed by atoms with Gasteiger partial charge in [-0.2, -0.15) is 0 Å². The molecule has 0 saturated carbocycles.